The molecule has 0 saturated heterocycles. The van der Waals surface area contributed by atoms with Crippen molar-refractivity contribution >= 4 is 11.8 Å². The van der Waals surface area contributed by atoms with Gasteiger partial charge in [0.25, 0.3) is 5.69 Å². The summed E-state index contributed by atoms with van der Waals surface area (Å²) in [4.78, 5) is 10.0. The van der Waals surface area contributed by atoms with E-state index >= 15 is 0 Å². The van der Waals surface area contributed by atoms with Crippen molar-refractivity contribution in [2.75, 3.05) is 0 Å². The second-order valence-electron chi connectivity index (χ2n) is 3.07. The number of hydrogen-bond donors (Lipinski definition) is 0. The molecule has 3 nitrogen and oxygen atoms in total. The van der Waals surface area contributed by atoms with Crippen LogP contribution in [-0.4, -0.2) is 4.92 Å². The highest BCUT2D eigenvalue weighted by atomic mass is 16.6. The summed E-state index contributed by atoms with van der Waals surface area (Å²) in [6.07, 6.45) is 1.91. The zero-order chi connectivity index (χ0) is 9.84. The Hall–Kier alpha value is -1.64. The van der Waals surface area contributed by atoms with Gasteiger partial charge in [0.15, 0.2) is 0 Å². The van der Waals surface area contributed by atoms with Crippen LogP contribution >= 0.6 is 0 Å². The Balaban J connectivity index is 3.06. The van der Waals surface area contributed by atoms with E-state index in [1.165, 1.54) is 6.07 Å². The third-order valence-corrected chi connectivity index (χ3v) is 1.54. The van der Waals surface area contributed by atoms with Gasteiger partial charge in [-0.25, -0.2) is 0 Å². The maximum atomic E-state index is 10.4. The third kappa shape index (κ3) is 2.71. The molecular weight excluding hydrogens is 166 g/mol. The summed E-state index contributed by atoms with van der Waals surface area (Å²) >= 11 is 0. The molecule has 68 valence electrons. The molecule has 1 aromatic rings. The van der Waals surface area contributed by atoms with Gasteiger partial charge < -0.3 is 0 Å². The number of hydrogen-bond acceptors (Lipinski definition) is 2. The highest BCUT2D eigenvalue weighted by Crippen LogP contribution is 2.15. The summed E-state index contributed by atoms with van der Waals surface area (Å²) in [6, 6.07) is 6.59. The lowest BCUT2D eigenvalue weighted by atomic mass is 10.1. The molecule has 0 aromatic heterocycles. The molecule has 0 aliphatic carbocycles. The zero-order valence-corrected chi connectivity index (χ0v) is 7.65. The molecular formula is C10H11NO2. The molecule has 0 saturated carbocycles. The van der Waals surface area contributed by atoms with E-state index in [0.717, 1.165) is 11.1 Å². The van der Waals surface area contributed by atoms with Crippen LogP contribution in [0.5, 0.6) is 0 Å². The summed E-state index contributed by atoms with van der Waals surface area (Å²) in [6.45, 7) is 3.91. The van der Waals surface area contributed by atoms with E-state index in [0.29, 0.717) is 0 Å². The lowest BCUT2D eigenvalue weighted by Gasteiger charge is -1.94. The zero-order valence-electron chi connectivity index (χ0n) is 7.65. The van der Waals surface area contributed by atoms with Crippen molar-refractivity contribution in [2.24, 2.45) is 0 Å². The van der Waals surface area contributed by atoms with Crippen molar-refractivity contribution in [2.45, 2.75) is 13.8 Å². The van der Waals surface area contributed by atoms with Crippen molar-refractivity contribution in [1.82, 2.24) is 0 Å². The molecule has 0 unspecified atom stereocenters. The average Bonchev–Trinajstić information content (AvgIpc) is 2.03. The minimum absolute atomic E-state index is 0.134. The first-order valence-corrected chi connectivity index (χ1v) is 3.99. The number of nitrogens with zero attached hydrogens (tertiary/aromatic N) is 1. The molecule has 0 radical (unpaired) electrons. The van der Waals surface area contributed by atoms with Crippen LogP contribution in [0.3, 0.4) is 0 Å². The Morgan fingerprint density at radius 1 is 1.46 bits per heavy atom. The highest BCUT2D eigenvalue weighted by Gasteiger charge is 2.03. The maximum absolute atomic E-state index is 10.4. The summed E-state index contributed by atoms with van der Waals surface area (Å²) < 4.78 is 0. The second kappa shape index (κ2) is 3.85. The van der Waals surface area contributed by atoms with Crippen LogP contribution < -0.4 is 0 Å². The third-order valence-electron chi connectivity index (χ3n) is 1.54. The molecule has 1 aromatic carbocycles. The minimum Gasteiger partial charge on any atom is -0.258 e. The molecule has 0 heterocycles. The second-order valence-corrected chi connectivity index (χ2v) is 3.07. The fourth-order valence-corrected chi connectivity index (χ4v) is 1.06. The molecule has 0 N–H and O–H groups in total. The van der Waals surface area contributed by atoms with Gasteiger partial charge in [-0.3, -0.25) is 10.1 Å². The van der Waals surface area contributed by atoms with Gasteiger partial charge in [0.1, 0.15) is 0 Å². The lowest BCUT2D eigenvalue weighted by Crippen LogP contribution is -1.87. The number of nitro groups is 1. The van der Waals surface area contributed by atoms with E-state index in [4.69, 9.17) is 0 Å². The molecule has 0 fully saturated rings. The number of benzene rings is 1. The van der Waals surface area contributed by atoms with E-state index in [1.807, 2.05) is 26.0 Å². The Bertz CT molecular complexity index is 352. The Morgan fingerprint density at radius 3 is 2.69 bits per heavy atom. The van der Waals surface area contributed by atoms with Gasteiger partial charge in [-0.05, 0) is 19.4 Å². The first kappa shape index (κ1) is 9.45. The number of nitro benzene ring substituents is 1. The van der Waals surface area contributed by atoms with E-state index in [1.54, 1.807) is 12.1 Å². The fourth-order valence-electron chi connectivity index (χ4n) is 1.06. The monoisotopic (exact) mass is 177 g/mol. The maximum Gasteiger partial charge on any atom is 0.270 e. The van der Waals surface area contributed by atoms with Crippen LogP contribution in [0.2, 0.25) is 0 Å². The van der Waals surface area contributed by atoms with Crippen LogP contribution in [0.1, 0.15) is 19.4 Å². The summed E-state index contributed by atoms with van der Waals surface area (Å²) in [7, 11) is 0. The number of allylic oxidation sites excluding steroid dienone is 1. The summed E-state index contributed by atoms with van der Waals surface area (Å²) in [5.41, 5.74) is 2.13. The smallest absolute Gasteiger partial charge is 0.258 e. The van der Waals surface area contributed by atoms with Gasteiger partial charge in [-0.2, -0.15) is 0 Å². The topological polar surface area (TPSA) is 43.1 Å². The van der Waals surface area contributed by atoms with Crippen molar-refractivity contribution < 1.29 is 4.92 Å². The van der Waals surface area contributed by atoms with Gasteiger partial charge >= 0.3 is 0 Å². The molecule has 3 heteroatoms. The molecule has 0 bridgehead atoms. The van der Waals surface area contributed by atoms with Crippen LogP contribution in [0, 0.1) is 10.1 Å². The Kier molecular flexibility index (Phi) is 2.80. The Labute approximate surface area is 76.9 Å². The molecule has 0 aliphatic rings. The van der Waals surface area contributed by atoms with Crippen molar-refractivity contribution in [3.05, 3.63) is 45.5 Å². The number of non-ortho nitro benzene ring substituents is 1. The van der Waals surface area contributed by atoms with Crippen LogP contribution in [0.25, 0.3) is 6.08 Å². The highest BCUT2D eigenvalue weighted by molar-refractivity contribution is 5.55. The summed E-state index contributed by atoms with van der Waals surface area (Å²) in [5.74, 6) is 0. The van der Waals surface area contributed by atoms with Gasteiger partial charge in [0, 0.05) is 12.1 Å². The van der Waals surface area contributed by atoms with E-state index in [9.17, 15) is 10.1 Å². The quantitative estimate of drug-likeness (QED) is 0.514. The molecule has 0 aliphatic heterocycles. The van der Waals surface area contributed by atoms with Gasteiger partial charge in [0.05, 0.1) is 4.92 Å². The van der Waals surface area contributed by atoms with Crippen LogP contribution in [0.15, 0.2) is 29.8 Å². The fraction of sp³-hybridized carbons (Fsp3) is 0.200. The lowest BCUT2D eigenvalue weighted by molar-refractivity contribution is -0.384. The van der Waals surface area contributed by atoms with Crippen molar-refractivity contribution in [3.8, 4) is 0 Å². The first-order valence-electron chi connectivity index (χ1n) is 3.99. The minimum atomic E-state index is -0.387. The Morgan fingerprint density at radius 2 is 2.15 bits per heavy atom. The largest absolute Gasteiger partial charge is 0.270 e. The molecule has 0 amide bonds. The summed E-state index contributed by atoms with van der Waals surface area (Å²) in [5, 5.41) is 10.4. The van der Waals surface area contributed by atoms with E-state index in [2.05, 4.69) is 0 Å². The van der Waals surface area contributed by atoms with E-state index < -0.39 is 0 Å². The molecule has 0 spiro atoms. The predicted molar refractivity (Wildman–Crippen MR) is 52.4 cm³/mol. The molecule has 1 rings (SSSR count). The van der Waals surface area contributed by atoms with Crippen LogP contribution in [0.4, 0.5) is 5.69 Å². The van der Waals surface area contributed by atoms with Crippen molar-refractivity contribution in [1.29, 1.82) is 0 Å². The standard InChI is InChI=1S/C10H11NO2/c1-8(2)6-9-4-3-5-10(7-9)11(12)13/h3-7H,1-2H3. The number of rotatable bonds is 2. The van der Waals surface area contributed by atoms with Crippen LogP contribution in [-0.2, 0) is 0 Å². The van der Waals surface area contributed by atoms with E-state index in [-0.39, 0.29) is 10.6 Å². The SMILES string of the molecule is CC(C)=Cc1cccc([N+](=O)[O-])c1. The predicted octanol–water partition coefficient (Wildman–Crippen LogP) is 3.02. The first-order chi connectivity index (χ1) is 6.09. The van der Waals surface area contributed by atoms with Crippen molar-refractivity contribution in [3.63, 3.8) is 0 Å². The van der Waals surface area contributed by atoms with Gasteiger partial charge in [-0.15, -0.1) is 0 Å². The molecule has 0 atom stereocenters. The van der Waals surface area contributed by atoms with Gasteiger partial charge in [0.2, 0.25) is 0 Å². The average molecular weight is 177 g/mol. The molecule has 13 heavy (non-hydrogen) atoms. The van der Waals surface area contributed by atoms with Gasteiger partial charge in [-0.1, -0.05) is 23.8 Å². The normalized spacial score (nSPS) is 9.38.